The molecule has 114 valence electrons. The smallest absolute Gasteiger partial charge is 0.305 e. The van der Waals surface area contributed by atoms with Crippen LogP contribution in [0.4, 0.5) is 14.5 Å². The van der Waals surface area contributed by atoms with Crippen LogP contribution in [-0.4, -0.2) is 42.5 Å². The van der Waals surface area contributed by atoms with Crippen molar-refractivity contribution < 1.29 is 23.2 Å². The van der Waals surface area contributed by atoms with Crippen molar-refractivity contribution >= 4 is 11.6 Å². The molecule has 0 spiro atoms. The number of hydrogen-bond donors (Lipinski definition) is 0. The first-order valence-corrected chi connectivity index (χ1v) is 5.95. The van der Waals surface area contributed by atoms with Crippen LogP contribution in [0.15, 0.2) is 24.8 Å². The van der Waals surface area contributed by atoms with E-state index in [0.29, 0.717) is 12.1 Å². The van der Waals surface area contributed by atoms with E-state index < -0.39 is 33.7 Å². The molecule has 0 saturated carbocycles. The first kappa shape index (κ1) is 16.7. The molecule has 0 aliphatic rings. The molecule has 1 aromatic carbocycles. The number of ether oxygens (including phenoxy) is 1. The van der Waals surface area contributed by atoms with E-state index in [1.54, 1.807) is 0 Å². The summed E-state index contributed by atoms with van der Waals surface area (Å²) in [7, 11) is 1.41. The number of benzene rings is 1. The lowest BCUT2D eigenvalue weighted by Crippen LogP contribution is -2.35. The predicted molar refractivity (Wildman–Crippen MR) is 71.0 cm³/mol. The Morgan fingerprint density at radius 2 is 2.19 bits per heavy atom. The maximum atomic E-state index is 14.0. The molecule has 1 rings (SSSR count). The van der Waals surface area contributed by atoms with Crippen LogP contribution in [0.3, 0.4) is 0 Å². The lowest BCUT2D eigenvalue weighted by molar-refractivity contribution is -0.387. The van der Waals surface area contributed by atoms with Crippen LogP contribution in [0, 0.1) is 21.7 Å². The number of amides is 1. The summed E-state index contributed by atoms with van der Waals surface area (Å²) in [6, 6.07) is 1.37. The van der Waals surface area contributed by atoms with Crippen LogP contribution < -0.4 is 0 Å². The van der Waals surface area contributed by atoms with Crippen LogP contribution in [0.5, 0.6) is 0 Å². The number of nitrogens with zero attached hydrogens (tertiary/aromatic N) is 2. The highest BCUT2D eigenvalue weighted by molar-refractivity contribution is 5.95. The van der Waals surface area contributed by atoms with E-state index in [9.17, 15) is 23.7 Å². The van der Waals surface area contributed by atoms with Gasteiger partial charge in [0.1, 0.15) is 11.4 Å². The first-order chi connectivity index (χ1) is 9.93. The molecule has 0 aliphatic carbocycles. The number of rotatable bonds is 7. The molecule has 0 radical (unpaired) electrons. The number of nitro groups is 1. The number of carbonyl (C=O) groups is 1. The molecular weight excluding hydrogens is 286 g/mol. The molecule has 0 aromatic heterocycles. The van der Waals surface area contributed by atoms with Crippen molar-refractivity contribution in [2.75, 3.05) is 26.8 Å². The highest BCUT2D eigenvalue weighted by Gasteiger charge is 2.28. The van der Waals surface area contributed by atoms with Crippen LogP contribution in [0.25, 0.3) is 0 Å². The molecule has 1 amide bonds. The summed E-state index contributed by atoms with van der Waals surface area (Å²) in [4.78, 5) is 22.9. The molecule has 0 bridgehead atoms. The van der Waals surface area contributed by atoms with E-state index in [2.05, 4.69) is 6.58 Å². The summed E-state index contributed by atoms with van der Waals surface area (Å²) in [5.74, 6) is -3.64. The van der Waals surface area contributed by atoms with Gasteiger partial charge in [-0.1, -0.05) is 6.08 Å². The minimum atomic E-state index is -1.49. The molecule has 0 aliphatic heterocycles. The summed E-state index contributed by atoms with van der Waals surface area (Å²) < 4.78 is 32.5. The van der Waals surface area contributed by atoms with Crippen molar-refractivity contribution in [3.8, 4) is 0 Å². The number of methoxy groups -OCH3 is 1. The SMILES string of the molecule is C=CCN(CCOC)C(=O)c1c(F)ccc([N+](=O)[O-])c1F. The second-order valence-corrected chi connectivity index (χ2v) is 4.05. The zero-order valence-corrected chi connectivity index (χ0v) is 11.3. The van der Waals surface area contributed by atoms with Crippen molar-refractivity contribution in [3.63, 3.8) is 0 Å². The quantitative estimate of drug-likeness (QED) is 0.439. The molecule has 21 heavy (non-hydrogen) atoms. The van der Waals surface area contributed by atoms with Gasteiger partial charge in [0.25, 0.3) is 5.91 Å². The van der Waals surface area contributed by atoms with Crippen LogP contribution in [0.1, 0.15) is 10.4 Å². The van der Waals surface area contributed by atoms with Crippen LogP contribution in [-0.2, 0) is 4.74 Å². The molecule has 6 nitrogen and oxygen atoms in total. The summed E-state index contributed by atoms with van der Waals surface area (Å²) >= 11 is 0. The lowest BCUT2D eigenvalue weighted by Gasteiger charge is -2.21. The molecule has 1 aromatic rings. The van der Waals surface area contributed by atoms with E-state index in [1.807, 2.05) is 0 Å². The van der Waals surface area contributed by atoms with Crippen molar-refractivity contribution in [3.05, 3.63) is 52.1 Å². The number of carbonyl (C=O) groups excluding carboxylic acids is 1. The third-order valence-electron chi connectivity index (χ3n) is 2.68. The fraction of sp³-hybridized carbons (Fsp3) is 0.308. The number of halogens is 2. The minimum absolute atomic E-state index is 0.0315. The van der Waals surface area contributed by atoms with Gasteiger partial charge < -0.3 is 9.64 Å². The molecule has 0 unspecified atom stereocenters. The van der Waals surface area contributed by atoms with Crippen LogP contribution in [0.2, 0.25) is 0 Å². The Morgan fingerprint density at radius 3 is 2.71 bits per heavy atom. The average molecular weight is 300 g/mol. The van der Waals surface area contributed by atoms with Gasteiger partial charge in [-0.2, -0.15) is 4.39 Å². The van der Waals surface area contributed by atoms with Crippen molar-refractivity contribution in [2.24, 2.45) is 0 Å². The third-order valence-corrected chi connectivity index (χ3v) is 2.68. The van der Waals surface area contributed by atoms with Crippen LogP contribution >= 0.6 is 0 Å². The lowest BCUT2D eigenvalue weighted by atomic mass is 10.1. The van der Waals surface area contributed by atoms with Gasteiger partial charge in [0, 0.05) is 26.3 Å². The third kappa shape index (κ3) is 3.82. The van der Waals surface area contributed by atoms with Crippen molar-refractivity contribution in [1.82, 2.24) is 4.90 Å². The van der Waals surface area contributed by atoms with Gasteiger partial charge in [-0.3, -0.25) is 14.9 Å². The summed E-state index contributed by atoms with van der Waals surface area (Å²) in [6.07, 6.45) is 1.38. The Kier molecular flexibility index (Phi) is 5.92. The molecule has 0 heterocycles. The van der Waals surface area contributed by atoms with E-state index in [0.717, 1.165) is 4.90 Å². The maximum Gasteiger partial charge on any atom is 0.305 e. The molecule has 0 N–H and O–H groups in total. The zero-order chi connectivity index (χ0) is 16.0. The minimum Gasteiger partial charge on any atom is -0.383 e. The van der Waals surface area contributed by atoms with E-state index in [1.165, 1.54) is 13.2 Å². The van der Waals surface area contributed by atoms with Gasteiger partial charge in [0.05, 0.1) is 11.5 Å². The second-order valence-electron chi connectivity index (χ2n) is 4.05. The Balaban J connectivity index is 3.23. The maximum absolute atomic E-state index is 14.0. The predicted octanol–water partition coefficient (Wildman–Crippen LogP) is 2.15. The Labute approximate surface area is 119 Å². The van der Waals surface area contributed by atoms with Gasteiger partial charge in [-0.15, -0.1) is 6.58 Å². The molecule has 8 heteroatoms. The van der Waals surface area contributed by atoms with E-state index >= 15 is 0 Å². The summed E-state index contributed by atoms with van der Waals surface area (Å²) in [5, 5.41) is 10.7. The van der Waals surface area contributed by atoms with E-state index in [-0.39, 0.29) is 19.7 Å². The monoisotopic (exact) mass is 300 g/mol. The highest BCUT2D eigenvalue weighted by Crippen LogP contribution is 2.24. The summed E-state index contributed by atoms with van der Waals surface area (Å²) in [5.41, 5.74) is -1.91. The highest BCUT2D eigenvalue weighted by atomic mass is 19.1. The van der Waals surface area contributed by atoms with E-state index in [4.69, 9.17) is 4.74 Å². The van der Waals surface area contributed by atoms with Gasteiger partial charge in [-0.05, 0) is 6.07 Å². The standard InChI is InChI=1S/C13H14F2N2O4/c1-3-6-16(7-8-21-2)13(18)11-9(14)4-5-10(12(11)15)17(19)20/h3-5H,1,6-8H2,2H3. The normalized spacial score (nSPS) is 10.2. The fourth-order valence-electron chi connectivity index (χ4n) is 1.67. The second kappa shape index (κ2) is 7.44. The Morgan fingerprint density at radius 1 is 1.52 bits per heavy atom. The number of hydrogen-bond acceptors (Lipinski definition) is 4. The van der Waals surface area contributed by atoms with Crippen molar-refractivity contribution in [2.45, 2.75) is 0 Å². The Hall–Kier alpha value is -2.35. The largest absolute Gasteiger partial charge is 0.383 e. The molecular formula is C13H14F2N2O4. The molecule has 0 saturated heterocycles. The molecule has 0 atom stereocenters. The zero-order valence-electron chi connectivity index (χ0n) is 11.3. The number of nitro benzene ring substituents is 1. The van der Waals surface area contributed by atoms with Gasteiger partial charge >= 0.3 is 5.69 Å². The van der Waals surface area contributed by atoms with Gasteiger partial charge in [0.2, 0.25) is 5.82 Å². The fourth-order valence-corrected chi connectivity index (χ4v) is 1.67. The molecule has 0 fully saturated rings. The van der Waals surface area contributed by atoms with Gasteiger partial charge in [-0.25, -0.2) is 4.39 Å². The Bertz CT molecular complexity index is 563. The van der Waals surface area contributed by atoms with Crippen molar-refractivity contribution in [1.29, 1.82) is 0 Å². The topological polar surface area (TPSA) is 72.7 Å². The summed E-state index contributed by atoms with van der Waals surface area (Å²) in [6.45, 7) is 3.70. The first-order valence-electron chi connectivity index (χ1n) is 5.95. The average Bonchev–Trinajstić information content (AvgIpc) is 2.42. The van der Waals surface area contributed by atoms with Gasteiger partial charge in [0.15, 0.2) is 0 Å².